The molecule has 1 saturated carbocycles. The van der Waals surface area contributed by atoms with E-state index >= 15 is 0 Å². The summed E-state index contributed by atoms with van der Waals surface area (Å²) in [5.74, 6) is 1.12. The van der Waals surface area contributed by atoms with Crippen molar-refractivity contribution in [2.75, 3.05) is 13.2 Å². The number of fused-ring (bicyclic) bond motifs is 1. The minimum atomic E-state index is -0.652. The smallest absolute Gasteiger partial charge is 0.242 e. The van der Waals surface area contributed by atoms with Crippen molar-refractivity contribution in [2.24, 2.45) is 0 Å². The largest absolute Gasteiger partial charge is 0.486 e. The number of benzene rings is 2. The third-order valence-corrected chi connectivity index (χ3v) is 7.20. The first-order valence-corrected chi connectivity index (χ1v) is 12.6. The molecule has 182 valence electrons. The van der Waals surface area contributed by atoms with Crippen LogP contribution in [0.4, 0.5) is 0 Å². The van der Waals surface area contributed by atoms with E-state index in [0.29, 0.717) is 46.7 Å². The number of aryl methyl sites for hydroxylation is 1. The Morgan fingerprint density at radius 3 is 2.44 bits per heavy atom. The normalized spacial score (nSPS) is 16.2. The maximum Gasteiger partial charge on any atom is 0.242 e. The molecular formula is C26H30Cl2N2O4. The lowest BCUT2D eigenvalue weighted by Gasteiger charge is -2.30. The van der Waals surface area contributed by atoms with Crippen LogP contribution in [0.5, 0.6) is 11.5 Å². The monoisotopic (exact) mass is 504 g/mol. The number of nitrogens with one attached hydrogen (secondary N) is 1. The van der Waals surface area contributed by atoms with Gasteiger partial charge >= 0.3 is 0 Å². The zero-order valence-corrected chi connectivity index (χ0v) is 20.8. The van der Waals surface area contributed by atoms with Gasteiger partial charge in [-0.15, -0.1) is 0 Å². The van der Waals surface area contributed by atoms with Crippen LogP contribution in [0.15, 0.2) is 36.4 Å². The molecule has 34 heavy (non-hydrogen) atoms. The number of halogens is 2. The molecule has 4 rings (SSSR count). The number of carbonyl (C=O) groups excluding carboxylic acids is 2. The summed E-state index contributed by atoms with van der Waals surface area (Å²) in [6, 6.07) is 10.5. The maximum atomic E-state index is 13.4. The average molecular weight is 505 g/mol. The predicted octanol–water partition coefficient (Wildman–Crippen LogP) is 5.17. The summed E-state index contributed by atoms with van der Waals surface area (Å²) in [6.07, 6.45) is 4.95. The Morgan fingerprint density at radius 2 is 1.74 bits per heavy atom. The number of rotatable bonds is 8. The Labute approximate surface area is 210 Å². The SMILES string of the molecule is CC(C(=O)NC1CCCC1)N(Cc1c(Cl)cccc1Cl)C(=O)CCc1ccc2c(c1)OCCO2. The van der Waals surface area contributed by atoms with Gasteiger partial charge in [0, 0.05) is 34.6 Å². The van der Waals surface area contributed by atoms with E-state index in [9.17, 15) is 9.59 Å². The molecule has 1 fully saturated rings. The van der Waals surface area contributed by atoms with Crippen LogP contribution in [-0.2, 0) is 22.6 Å². The molecule has 6 nitrogen and oxygen atoms in total. The number of nitrogens with zero attached hydrogens (tertiary/aromatic N) is 1. The number of carbonyl (C=O) groups is 2. The molecule has 0 aromatic heterocycles. The number of hydrogen-bond acceptors (Lipinski definition) is 4. The molecule has 1 unspecified atom stereocenters. The van der Waals surface area contributed by atoms with Crippen LogP contribution >= 0.6 is 23.2 Å². The summed E-state index contributed by atoms with van der Waals surface area (Å²) in [7, 11) is 0. The second-order valence-electron chi connectivity index (χ2n) is 8.87. The molecule has 2 aromatic rings. The van der Waals surface area contributed by atoms with Crippen molar-refractivity contribution < 1.29 is 19.1 Å². The third-order valence-electron chi connectivity index (χ3n) is 6.49. The van der Waals surface area contributed by atoms with Crippen LogP contribution in [0.1, 0.15) is 50.2 Å². The first-order valence-electron chi connectivity index (χ1n) is 11.8. The van der Waals surface area contributed by atoms with Gasteiger partial charge in [-0.3, -0.25) is 9.59 Å². The van der Waals surface area contributed by atoms with Gasteiger partial charge in [0.15, 0.2) is 11.5 Å². The number of amides is 2. The molecule has 8 heteroatoms. The highest BCUT2D eigenvalue weighted by Gasteiger charge is 2.29. The molecular weight excluding hydrogens is 475 g/mol. The van der Waals surface area contributed by atoms with Gasteiger partial charge < -0.3 is 19.7 Å². The van der Waals surface area contributed by atoms with Crippen LogP contribution < -0.4 is 14.8 Å². The summed E-state index contributed by atoms with van der Waals surface area (Å²) >= 11 is 12.8. The Hall–Kier alpha value is -2.44. The zero-order valence-electron chi connectivity index (χ0n) is 19.3. The Balaban J connectivity index is 1.49. The minimum Gasteiger partial charge on any atom is -0.486 e. The molecule has 1 aliphatic heterocycles. The average Bonchev–Trinajstić information content (AvgIpc) is 3.35. The maximum absolute atomic E-state index is 13.4. The molecule has 1 heterocycles. The van der Waals surface area contributed by atoms with Gasteiger partial charge in [0.2, 0.25) is 11.8 Å². The van der Waals surface area contributed by atoms with Crippen molar-refractivity contribution in [1.29, 1.82) is 0 Å². The molecule has 2 aromatic carbocycles. The minimum absolute atomic E-state index is 0.139. The van der Waals surface area contributed by atoms with E-state index in [2.05, 4.69) is 5.32 Å². The molecule has 1 N–H and O–H groups in total. The molecule has 2 amide bonds. The van der Waals surface area contributed by atoms with E-state index < -0.39 is 6.04 Å². The van der Waals surface area contributed by atoms with Gasteiger partial charge in [0.25, 0.3) is 0 Å². The molecule has 0 saturated heterocycles. The van der Waals surface area contributed by atoms with Gasteiger partial charge in [-0.05, 0) is 56.0 Å². The lowest BCUT2D eigenvalue weighted by atomic mass is 10.1. The van der Waals surface area contributed by atoms with Crippen LogP contribution in [0.3, 0.4) is 0 Å². The molecule has 1 atom stereocenters. The van der Waals surface area contributed by atoms with E-state index in [1.165, 1.54) is 0 Å². The van der Waals surface area contributed by atoms with Crippen LogP contribution in [0.2, 0.25) is 10.0 Å². The van der Waals surface area contributed by atoms with Crippen molar-refractivity contribution in [2.45, 2.75) is 64.1 Å². The lowest BCUT2D eigenvalue weighted by molar-refractivity contribution is -0.140. The summed E-state index contributed by atoms with van der Waals surface area (Å²) in [5.41, 5.74) is 1.61. The highest BCUT2D eigenvalue weighted by atomic mass is 35.5. The molecule has 0 spiro atoms. The van der Waals surface area contributed by atoms with Crippen molar-refractivity contribution in [3.63, 3.8) is 0 Å². The zero-order chi connectivity index (χ0) is 24.1. The van der Waals surface area contributed by atoms with E-state index in [-0.39, 0.29) is 30.8 Å². The topological polar surface area (TPSA) is 67.9 Å². The Morgan fingerprint density at radius 1 is 1.06 bits per heavy atom. The molecule has 0 bridgehead atoms. The third kappa shape index (κ3) is 5.97. The van der Waals surface area contributed by atoms with Crippen molar-refractivity contribution >= 4 is 35.0 Å². The molecule has 1 aliphatic carbocycles. The molecule has 2 aliphatic rings. The predicted molar refractivity (Wildman–Crippen MR) is 133 cm³/mol. The highest BCUT2D eigenvalue weighted by molar-refractivity contribution is 6.36. The van der Waals surface area contributed by atoms with Crippen molar-refractivity contribution in [3.8, 4) is 11.5 Å². The number of ether oxygens (including phenoxy) is 2. The number of hydrogen-bond donors (Lipinski definition) is 1. The fourth-order valence-corrected chi connectivity index (χ4v) is 4.98. The van der Waals surface area contributed by atoms with Crippen LogP contribution in [-0.4, -0.2) is 42.0 Å². The van der Waals surface area contributed by atoms with E-state index in [1.807, 2.05) is 18.2 Å². The van der Waals surface area contributed by atoms with Gasteiger partial charge in [0.05, 0.1) is 0 Å². The quantitative estimate of drug-likeness (QED) is 0.538. The second-order valence-corrected chi connectivity index (χ2v) is 9.68. The van der Waals surface area contributed by atoms with Crippen molar-refractivity contribution in [1.82, 2.24) is 10.2 Å². The van der Waals surface area contributed by atoms with E-state index in [4.69, 9.17) is 32.7 Å². The summed E-state index contributed by atoms with van der Waals surface area (Å²) in [4.78, 5) is 28.0. The fraction of sp³-hybridized carbons (Fsp3) is 0.462. The summed E-state index contributed by atoms with van der Waals surface area (Å²) < 4.78 is 11.2. The van der Waals surface area contributed by atoms with Gasteiger partial charge in [-0.1, -0.05) is 48.2 Å². The first-order chi connectivity index (χ1) is 16.4. The molecule has 0 radical (unpaired) electrons. The van der Waals surface area contributed by atoms with Gasteiger partial charge in [0.1, 0.15) is 19.3 Å². The van der Waals surface area contributed by atoms with E-state index in [1.54, 1.807) is 30.0 Å². The second kappa shape index (κ2) is 11.3. The first kappa shape index (κ1) is 24.7. The van der Waals surface area contributed by atoms with Crippen LogP contribution in [0.25, 0.3) is 0 Å². The van der Waals surface area contributed by atoms with Crippen LogP contribution in [0, 0.1) is 0 Å². The Kier molecular flexibility index (Phi) is 8.22. The Bertz CT molecular complexity index is 1020. The fourth-order valence-electron chi connectivity index (χ4n) is 4.47. The summed E-state index contributed by atoms with van der Waals surface area (Å²) in [6.45, 7) is 2.97. The standard InChI is InChI=1S/C26H30Cl2N2O4/c1-17(26(32)29-19-5-2-3-6-19)30(16-20-21(27)7-4-8-22(20)28)25(31)12-10-18-9-11-23-24(15-18)34-14-13-33-23/h4,7-9,11,15,17,19H,2-3,5-6,10,12-14,16H2,1H3,(H,29,32). The highest BCUT2D eigenvalue weighted by Crippen LogP contribution is 2.31. The van der Waals surface area contributed by atoms with Crippen molar-refractivity contribution in [3.05, 3.63) is 57.6 Å². The summed E-state index contributed by atoms with van der Waals surface area (Å²) in [5, 5.41) is 4.05. The lowest BCUT2D eigenvalue weighted by Crippen LogP contribution is -2.49. The van der Waals surface area contributed by atoms with E-state index in [0.717, 1.165) is 31.2 Å². The van der Waals surface area contributed by atoms with Gasteiger partial charge in [-0.2, -0.15) is 0 Å². The van der Waals surface area contributed by atoms with Gasteiger partial charge in [-0.25, -0.2) is 0 Å².